The van der Waals surface area contributed by atoms with Crippen LogP contribution in [0.3, 0.4) is 0 Å². The third-order valence-corrected chi connectivity index (χ3v) is 2.13. The highest BCUT2D eigenvalue weighted by Gasteiger charge is 2.05. The summed E-state index contributed by atoms with van der Waals surface area (Å²) in [6.45, 7) is 0. The number of aromatic nitrogens is 2. The molecule has 4 nitrogen and oxygen atoms in total. The Bertz CT molecular complexity index is 487. The van der Waals surface area contributed by atoms with Crippen LogP contribution in [0, 0.1) is 0 Å². The van der Waals surface area contributed by atoms with Crippen molar-refractivity contribution in [1.82, 2.24) is 9.97 Å². The van der Waals surface area contributed by atoms with E-state index in [1.807, 2.05) is 0 Å². The zero-order valence-corrected chi connectivity index (χ0v) is 8.25. The number of fused-ring (bicyclic) bond motifs is 1. The molecule has 0 aliphatic rings. The van der Waals surface area contributed by atoms with Crippen LogP contribution in [-0.4, -0.2) is 17.1 Å². The number of hydrogen-bond donors (Lipinski definition) is 1. The number of halogens is 1. The van der Waals surface area contributed by atoms with Gasteiger partial charge >= 0.3 is 0 Å². The molecule has 0 bridgehead atoms. The van der Waals surface area contributed by atoms with Crippen molar-refractivity contribution in [2.75, 3.05) is 12.8 Å². The summed E-state index contributed by atoms with van der Waals surface area (Å²) >= 11 is 5.92. The smallest absolute Gasteiger partial charge is 0.142 e. The quantitative estimate of drug-likeness (QED) is 0.779. The Balaban J connectivity index is 2.73. The predicted octanol–water partition coefficient (Wildman–Crippen LogP) is 1.87. The Hall–Kier alpha value is -1.55. The lowest BCUT2D eigenvalue weighted by Gasteiger charge is -2.04. The van der Waals surface area contributed by atoms with E-state index in [2.05, 4.69) is 9.97 Å². The predicted molar refractivity (Wildman–Crippen MR) is 55.5 cm³/mol. The van der Waals surface area contributed by atoms with Crippen molar-refractivity contribution in [2.45, 2.75) is 0 Å². The van der Waals surface area contributed by atoms with Crippen molar-refractivity contribution in [2.24, 2.45) is 0 Å². The zero-order valence-electron chi connectivity index (χ0n) is 7.49. The Morgan fingerprint density at radius 3 is 2.86 bits per heavy atom. The summed E-state index contributed by atoms with van der Waals surface area (Å²) in [7, 11) is 1.55. The fraction of sp³-hybridized carbons (Fsp3) is 0.111. The van der Waals surface area contributed by atoms with Gasteiger partial charge in [-0.05, 0) is 6.07 Å². The monoisotopic (exact) mass is 209 g/mol. The van der Waals surface area contributed by atoms with Crippen molar-refractivity contribution < 1.29 is 4.74 Å². The maximum absolute atomic E-state index is 5.92. The second-order valence-corrected chi connectivity index (χ2v) is 3.18. The Morgan fingerprint density at radius 2 is 2.14 bits per heavy atom. The molecular formula is C9H8ClN3O. The molecule has 0 saturated carbocycles. The van der Waals surface area contributed by atoms with Crippen LogP contribution in [-0.2, 0) is 0 Å². The molecule has 0 spiro atoms. The van der Waals surface area contributed by atoms with E-state index in [9.17, 15) is 0 Å². The number of ether oxygens (including phenoxy) is 1. The van der Waals surface area contributed by atoms with Gasteiger partial charge in [0.15, 0.2) is 0 Å². The van der Waals surface area contributed by atoms with Crippen LogP contribution in [0.1, 0.15) is 0 Å². The van der Waals surface area contributed by atoms with Crippen molar-refractivity contribution in [3.63, 3.8) is 0 Å². The highest BCUT2D eigenvalue weighted by Crippen LogP contribution is 2.28. The topological polar surface area (TPSA) is 61.0 Å². The van der Waals surface area contributed by atoms with E-state index in [4.69, 9.17) is 22.1 Å². The summed E-state index contributed by atoms with van der Waals surface area (Å²) in [6, 6.07) is 3.41. The number of nitrogens with zero attached hydrogens (tertiary/aromatic N) is 2. The third kappa shape index (κ3) is 1.44. The molecule has 72 valence electrons. The summed E-state index contributed by atoms with van der Waals surface area (Å²) < 4.78 is 5.05. The molecule has 14 heavy (non-hydrogen) atoms. The van der Waals surface area contributed by atoms with Crippen molar-refractivity contribution >= 4 is 28.5 Å². The van der Waals surface area contributed by atoms with Crippen LogP contribution in [0.4, 0.5) is 5.82 Å². The number of rotatable bonds is 1. The van der Waals surface area contributed by atoms with Crippen molar-refractivity contribution in [3.05, 3.63) is 23.4 Å². The Labute approximate surface area is 85.7 Å². The molecule has 2 aromatic rings. The summed E-state index contributed by atoms with van der Waals surface area (Å²) in [5.74, 6) is 0.956. The fourth-order valence-electron chi connectivity index (χ4n) is 1.19. The maximum Gasteiger partial charge on any atom is 0.142 e. The molecule has 0 unspecified atom stereocenters. The Kier molecular flexibility index (Phi) is 2.13. The molecule has 5 heteroatoms. The molecule has 0 saturated heterocycles. The first-order valence-corrected chi connectivity index (χ1v) is 4.34. The molecule has 0 amide bonds. The minimum atomic E-state index is 0.374. The largest absolute Gasteiger partial charge is 0.495 e. The number of nitrogens with two attached hydrogens (primary N) is 1. The van der Waals surface area contributed by atoms with Gasteiger partial charge in [0, 0.05) is 6.07 Å². The molecular weight excluding hydrogens is 202 g/mol. The molecule has 0 aliphatic carbocycles. The molecule has 1 aromatic heterocycles. The number of methoxy groups -OCH3 is 1. The number of anilines is 1. The second kappa shape index (κ2) is 3.31. The highest BCUT2D eigenvalue weighted by molar-refractivity contribution is 6.32. The first-order chi connectivity index (χ1) is 6.70. The lowest BCUT2D eigenvalue weighted by molar-refractivity contribution is 0.415. The van der Waals surface area contributed by atoms with Gasteiger partial charge in [-0.3, -0.25) is 4.98 Å². The van der Waals surface area contributed by atoms with Crippen molar-refractivity contribution in [1.29, 1.82) is 0 Å². The van der Waals surface area contributed by atoms with Gasteiger partial charge in [-0.25, -0.2) is 4.98 Å². The summed E-state index contributed by atoms with van der Waals surface area (Å²) in [5, 5.41) is 0.500. The summed E-state index contributed by atoms with van der Waals surface area (Å²) in [6.07, 6.45) is 1.50. The zero-order chi connectivity index (χ0) is 10.1. The van der Waals surface area contributed by atoms with E-state index in [0.717, 1.165) is 0 Å². The summed E-state index contributed by atoms with van der Waals surface area (Å²) in [5.41, 5.74) is 6.87. The van der Waals surface area contributed by atoms with E-state index in [1.54, 1.807) is 19.2 Å². The second-order valence-electron chi connectivity index (χ2n) is 2.77. The third-order valence-electron chi connectivity index (χ3n) is 1.83. The summed E-state index contributed by atoms with van der Waals surface area (Å²) in [4.78, 5) is 8.19. The van der Waals surface area contributed by atoms with Gasteiger partial charge in [-0.15, -0.1) is 0 Å². The number of nitrogen functional groups attached to an aromatic ring is 1. The van der Waals surface area contributed by atoms with E-state index in [1.165, 1.54) is 6.20 Å². The van der Waals surface area contributed by atoms with E-state index < -0.39 is 0 Å². The van der Waals surface area contributed by atoms with Crippen LogP contribution in [0.5, 0.6) is 5.75 Å². The van der Waals surface area contributed by atoms with Gasteiger partial charge < -0.3 is 10.5 Å². The average Bonchev–Trinajstić information content (AvgIpc) is 2.16. The number of benzene rings is 1. The molecule has 0 radical (unpaired) electrons. The fourth-order valence-corrected chi connectivity index (χ4v) is 1.42. The van der Waals surface area contributed by atoms with Gasteiger partial charge in [-0.1, -0.05) is 11.6 Å². The molecule has 1 heterocycles. The molecule has 1 aromatic carbocycles. The SMILES string of the molecule is COc1cc2ncc(N)nc2cc1Cl. The Morgan fingerprint density at radius 1 is 1.36 bits per heavy atom. The van der Waals surface area contributed by atoms with Crippen molar-refractivity contribution in [3.8, 4) is 5.75 Å². The first kappa shape index (κ1) is 9.02. The van der Waals surface area contributed by atoms with Gasteiger partial charge in [0.05, 0.1) is 29.4 Å². The number of hydrogen-bond acceptors (Lipinski definition) is 4. The van der Waals surface area contributed by atoms with E-state index in [-0.39, 0.29) is 0 Å². The van der Waals surface area contributed by atoms with Crippen LogP contribution < -0.4 is 10.5 Å². The van der Waals surface area contributed by atoms with Gasteiger partial charge in [0.1, 0.15) is 11.6 Å². The molecule has 2 N–H and O–H groups in total. The average molecular weight is 210 g/mol. The van der Waals surface area contributed by atoms with Gasteiger partial charge in [0.2, 0.25) is 0 Å². The van der Waals surface area contributed by atoms with Crippen LogP contribution in [0.15, 0.2) is 18.3 Å². The normalized spacial score (nSPS) is 10.4. The lowest BCUT2D eigenvalue weighted by Crippen LogP contribution is -1.93. The molecule has 0 fully saturated rings. The van der Waals surface area contributed by atoms with Crippen LogP contribution in [0.25, 0.3) is 11.0 Å². The first-order valence-electron chi connectivity index (χ1n) is 3.96. The minimum absolute atomic E-state index is 0.374. The standard InChI is InChI=1S/C9H8ClN3O/c1-14-8-3-6-7(2-5(8)10)13-9(11)4-12-6/h2-4H,1H3,(H2,11,13). The van der Waals surface area contributed by atoms with Gasteiger partial charge in [0.25, 0.3) is 0 Å². The highest BCUT2D eigenvalue weighted by atomic mass is 35.5. The maximum atomic E-state index is 5.92. The van der Waals surface area contributed by atoms with Crippen LogP contribution in [0.2, 0.25) is 5.02 Å². The molecule has 0 atom stereocenters. The molecule has 2 rings (SSSR count). The van der Waals surface area contributed by atoms with E-state index in [0.29, 0.717) is 27.6 Å². The minimum Gasteiger partial charge on any atom is -0.495 e. The molecule has 0 aliphatic heterocycles. The van der Waals surface area contributed by atoms with E-state index >= 15 is 0 Å². The van der Waals surface area contributed by atoms with Crippen LogP contribution >= 0.6 is 11.6 Å². The lowest BCUT2D eigenvalue weighted by atomic mass is 10.3. The van der Waals surface area contributed by atoms with Gasteiger partial charge in [-0.2, -0.15) is 0 Å².